The van der Waals surface area contributed by atoms with Crippen LogP contribution in [-0.2, 0) is 31.9 Å². The number of hydrogen-bond acceptors (Lipinski definition) is 11. The molecule has 5 aromatic rings. The van der Waals surface area contributed by atoms with Gasteiger partial charge < -0.3 is 45.2 Å². The number of hydrogen-bond donors (Lipinski definition) is 4. The molecule has 9 rings (SSSR count). The number of thiazole rings is 1. The van der Waals surface area contributed by atoms with Crippen molar-refractivity contribution in [1.82, 2.24) is 40.0 Å². The number of carbonyl (C=O) groups is 4. The van der Waals surface area contributed by atoms with Gasteiger partial charge in [0.1, 0.15) is 17.7 Å². The minimum absolute atomic E-state index is 0.0552. The van der Waals surface area contributed by atoms with Crippen LogP contribution in [0.1, 0.15) is 137 Å². The molecule has 3 saturated heterocycles. The van der Waals surface area contributed by atoms with Gasteiger partial charge in [0.2, 0.25) is 5.91 Å². The van der Waals surface area contributed by atoms with Crippen molar-refractivity contribution < 1.29 is 28.7 Å². The smallest absolute Gasteiger partial charge is 0.407 e. The number of aryl methyl sites for hydroxylation is 2. The van der Waals surface area contributed by atoms with E-state index < -0.39 is 24.3 Å². The lowest BCUT2D eigenvalue weighted by Gasteiger charge is -2.31. The number of nitrogens with one attached hydrogen (secondary N) is 3. The maximum absolute atomic E-state index is 13.9. The summed E-state index contributed by atoms with van der Waals surface area (Å²) in [5.74, 6) is 0.733. The number of aromatic nitrogens is 5. The number of anilines is 1. The van der Waals surface area contributed by atoms with Crippen LogP contribution < -0.4 is 16.0 Å². The van der Waals surface area contributed by atoms with E-state index in [2.05, 4.69) is 56.6 Å². The summed E-state index contributed by atoms with van der Waals surface area (Å²) < 4.78 is 10.1. The Balaban J connectivity index is 1.00. The molecule has 3 fully saturated rings. The lowest BCUT2D eigenvalue weighted by molar-refractivity contribution is -0.143. The van der Waals surface area contributed by atoms with Gasteiger partial charge in [-0.05, 0) is 111 Å². The predicted molar refractivity (Wildman–Crippen MR) is 239 cm³/mol. The zero-order chi connectivity index (χ0) is 44.1. The Kier molecular flexibility index (Phi) is 11.8. The van der Waals surface area contributed by atoms with Crippen LogP contribution in [0.5, 0.6) is 0 Å². The van der Waals surface area contributed by atoms with Crippen LogP contribution in [0, 0.1) is 11.8 Å². The lowest BCUT2D eigenvalue weighted by Crippen LogP contribution is -2.51. The fraction of sp³-hybridized carbons (Fsp3) is 0.543. The second-order valence-corrected chi connectivity index (χ2v) is 19.3. The zero-order valence-corrected chi connectivity index (χ0v) is 37.5. The average Bonchev–Trinajstić information content (AvgIpc) is 4.12. The molecule has 334 valence electrons. The number of alkyl carbamates (subject to hydrolysis) is 1. The van der Waals surface area contributed by atoms with E-state index in [9.17, 15) is 19.2 Å². The molecule has 1 unspecified atom stereocenters. The van der Waals surface area contributed by atoms with Crippen molar-refractivity contribution in [1.29, 1.82) is 0 Å². The summed E-state index contributed by atoms with van der Waals surface area (Å²) in [7, 11) is 1.30. The van der Waals surface area contributed by atoms with E-state index in [-0.39, 0.29) is 47.8 Å². The predicted octanol–water partition coefficient (Wildman–Crippen LogP) is 7.68. The third-order valence-electron chi connectivity index (χ3n) is 13.4. The second kappa shape index (κ2) is 17.5. The molecule has 4 amide bonds. The number of aromatic amines is 2. The summed E-state index contributed by atoms with van der Waals surface area (Å²) in [5.41, 5.74) is 12.4. The van der Waals surface area contributed by atoms with E-state index in [0.717, 1.165) is 96.6 Å². The van der Waals surface area contributed by atoms with Crippen LogP contribution in [0.25, 0.3) is 22.1 Å². The van der Waals surface area contributed by atoms with E-state index in [0.29, 0.717) is 13.1 Å². The Bertz CT molecular complexity index is 2510. The van der Waals surface area contributed by atoms with Crippen LogP contribution in [-0.4, -0.2) is 91.1 Å². The second-order valence-electron chi connectivity index (χ2n) is 18.2. The fourth-order valence-corrected chi connectivity index (χ4v) is 11.5. The number of nitrogens with zero attached hydrogens (tertiary/aromatic N) is 6. The zero-order valence-electron chi connectivity index (χ0n) is 36.7. The molecule has 2 aromatic carbocycles. The SMILES string of the molecule is COC(=O)N[C@H](C(=O)N1CCC[C@H]1c1nc2ccc([C@H]3CC[C@H](c4ccc5nc([C@@H]6CCCN6C(=O)C(OC(N)=O)C(C)C)[nH]c5c4)N3c3nc4c(s3)CCCC4)cc2[nH]1)C(C)C. The number of methoxy groups -OCH3 is 1. The number of amides is 4. The third-order valence-corrected chi connectivity index (χ3v) is 14.6. The Morgan fingerprint density at radius 2 is 1.32 bits per heavy atom. The molecule has 0 bridgehead atoms. The van der Waals surface area contributed by atoms with Crippen molar-refractivity contribution >= 4 is 62.5 Å². The van der Waals surface area contributed by atoms with Gasteiger partial charge >= 0.3 is 12.2 Å². The van der Waals surface area contributed by atoms with Gasteiger partial charge in [-0.3, -0.25) is 9.59 Å². The highest BCUT2D eigenvalue weighted by atomic mass is 32.1. The molecule has 0 spiro atoms. The maximum Gasteiger partial charge on any atom is 0.407 e. The molecule has 16 nitrogen and oxygen atoms in total. The van der Waals surface area contributed by atoms with Gasteiger partial charge in [-0.15, -0.1) is 11.3 Å². The number of primary amides is 1. The van der Waals surface area contributed by atoms with Crippen molar-refractivity contribution in [2.24, 2.45) is 17.6 Å². The summed E-state index contributed by atoms with van der Waals surface area (Å²) in [6, 6.07) is 11.8. The molecule has 6 heterocycles. The van der Waals surface area contributed by atoms with E-state index in [1.54, 1.807) is 4.90 Å². The molecule has 3 aliphatic heterocycles. The summed E-state index contributed by atoms with van der Waals surface area (Å²) in [6.07, 6.45) is 6.90. The number of ether oxygens (including phenoxy) is 2. The topological polar surface area (TPSA) is 205 Å². The summed E-state index contributed by atoms with van der Waals surface area (Å²) in [4.78, 5) is 81.4. The highest BCUT2D eigenvalue weighted by Gasteiger charge is 2.41. The van der Waals surface area contributed by atoms with Gasteiger partial charge in [0, 0.05) is 18.0 Å². The minimum atomic E-state index is -0.958. The summed E-state index contributed by atoms with van der Waals surface area (Å²) >= 11 is 1.83. The van der Waals surface area contributed by atoms with Crippen molar-refractivity contribution in [2.75, 3.05) is 25.1 Å². The van der Waals surface area contributed by atoms with Crippen LogP contribution >= 0.6 is 11.3 Å². The first-order chi connectivity index (χ1) is 30.4. The Morgan fingerprint density at radius 3 is 1.84 bits per heavy atom. The van der Waals surface area contributed by atoms with Gasteiger partial charge in [-0.1, -0.05) is 39.8 Å². The largest absolute Gasteiger partial charge is 0.453 e. The number of likely N-dealkylation sites (tertiary alicyclic amines) is 2. The van der Waals surface area contributed by atoms with Crippen LogP contribution in [0.2, 0.25) is 0 Å². The molecule has 0 saturated carbocycles. The first-order valence-electron chi connectivity index (χ1n) is 22.6. The average molecular weight is 879 g/mol. The van der Waals surface area contributed by atoms with Crippen molar-refractivity contribution in [3.63, 3.8) is 0 Å². The standard InChI is InChI=1S/C46H58N10O6S/c1-24(2)38(53-46(60)61-5)42(57)54-20-8-11-35(54)40-48-28-16-14-26(22-31(28)50-40)33-18-19-34(56(33)45-52-30-10-6-7-13-37(30)63-45)27-15-17-29-32(23-27)51-41(49-29)36-12-9-21-55(36)43(58)39(25(3)4)62-44(47)59/h14-17,22-25,33-36,38-39H,6-13,18-21H2,1-5H3,(H2,47,59)(H,48,50)(H,49,51)(H,53,60)/t33-,34-,35+,36+,38+,39?/m1/s1. The Hall–Kier alpha value is -5.71. The maximum atomic E-state index is 13.9. The van der Waals surface area contributed by atoms with Gasteiger partial charge in [-0.2, -0.15) is 0 Å². The number of fused-ring (bicyclic) bond motifs is 3. The van der Waals surface area contributed by atoms with Gasteiger partial charge in [-0.25, -0.2) is 24.5 Å². The first kappa shape index (κ1) is 42.6. The molecular formula is C46H58N10O6S. The number of H-pyrrole nitrogens is 2. The number of imidazole rings is 2. The summed E-state index contributed by atoms with van der Waals surface area (Å²) in [5, 5.41) is 3.79. The van der Waals surface area contributed by atoms with Crippen molar-refractivity contribution in [3.05, 3.63) is 69.7 Å². The minimum Gasteiger partial charge on any atom is -0.453 e. The number of benzene rings is 2. The Morgan fingerprint density at radius 1 is 0.746 bits per heavy atom. The van der Waals surface area contributed by atoms with Gasteiger partial charge in [0.15, 0.2) is 11.2 Å². The number of rotatable bonds is 11. The van der Waals surface area contributed by atoms with E-state index in [1.165, 1.54) is 35.2 Å². The van der Waals surface area contributed by atoms with Crippen LogP contribution in [0.4, 0.5) is 14.7 Å². The molecule has 6 atom stereocenters. The van der Waals surface area contributed by atoms with E-state index in [1.807, 2.05) is 43.9 Å². The van der Waals surface area contributed by atoms with Crippen LogP contribution in [0.3, 0.4) is 0 Å². The molecule has 0 radical (unpaired) electrons. The molecule has 4 aliphatic rings. The van der Waals surface area contributed by atoms with Crippen molar-refractivity contribution in [3.8, 4) is 0 Å². The highest BCUT2D eigenvalue weighted by Crippen LogP contribution is 2.50. The quantitative estimate of drug-likeness (QED) is 0.102. The Labute approximate surface area is 370 Å². The van der Waals surface area contributed by atoms with Gasteiger partial charge in [0.25, 0.3) is 5.91 Å². The highest BCUT2D eigenvalue weighted by molar-refractivity contribution is 7.15. The molecule has 1 aliphatic carbocycles. The van der Waals surface area contributed by atoms with Gasteiger partial charge in [0.05, 0.1) is 59.0 Å². The third kappa shape index (κ3) is 8.19. The summed E-state index contributed by atoms with van der Waals surface area (Å²) in [6.45, 7) is 8.66. The fourth-order valence-electron chi connectivity index (χ4n) is 10.3. The van der Waals surface area contributed by atoms with Crippen LogP contribution in [0.15, 0.2) is 36.4 Å². The lowest BCUT2D eigenvalue weighted by atomic mass is 10.0. The first-order valence-corrected chi connectivity index (χ1v) is 23.4. The molecule has 63 heavy (non-hydrogen) atoms. The molecule has 5 N–H and O–H groups in total. The van der Waals surface area contributed by atoms with E-state index in [4.69, 9.17) is 30.2 Å². The number of carbonyl (C=O) groups excluding carboxylic acids is 4. The monoisotopic (exact) mass is 878 g/mol. The molecule has 3 aromatic heterocycles. The normalized spacial score (nSPS) is 22.3. The molecular weight excluding hydrogens is 821 g/mol. The van der Waals surface area contributed by atoms with Crippen molar-refractivity contribution in [2.45, 2.75) is 128 Å². The number of nitrogens with two attached hydrogens (primary N) is 1. The van der Waals surface area contributed by atoms with E-state index >= 15 is 0 Å². The molecule has 17 heteroatoms.